The van der Waals surface area contributed by atoms with Gasteiger partial charge in [0.05, 0.1) is 12.6 Å². The largest absolute Gasteiger partial charge is 0.350 e. The minimum Gasteiger partial charge on any atom is -0.350 e. The van der Waals surface area contributed by atoms with E-state index in [0.29, 0.717) is 18.7 Å². The van der Waals surface area contributed by atoms with Crippen molar-refractivity contribution in [1.82, 2.24) is 20.0 Å². The highest BCUT2D eigenvalue weighted by molar-refractivity contribution is 7.10. The molecule has 6 heteroatoms. The third kappa shape index (κ3) is 4.39. The van der Waals surface area contributed by atoms with Crippen LogP contribution >= 0.6 is 11.3 Å². The molecular formula is C20H24N4OS. The van der Waals surface area contributed by atoms with Crippen molar-refractivity contribution in [2.75, 3.05) is 20.6 Å². The molecule has 0 aliphatic rings. The number of nitrogens with one attached hydrogen (secondary N) is 1. The van der Waals surface area contributed by atoms with Crippen LogP contribution in [0.3, 0.4) is 0 Å². The second kappa shape index (κ2) is 8.29. The Bertz CT molecular complexity index is 854. The average Bonchev–Trinajstić information content (AvgIpc) is 3.27. The zero-order valence-corrected chi connectivity index (χ0v) is 16.2. The molecule has 0 bridgehead atoms. The van der Waals surface area contributed by atoms with E-state index in [1.165, 1.54) is 10.4 Å². The first-order valence-corrected chi connectivity index (χ1v) is 9.47. The van der Waals surface area contributed by atoms with Crippen LogP contribution in [0.25, 0.3) is 0 Å². The van der Waals surface area contributed by atoms with Crippen LogP contribution in [-0.4, -0.2) is 41.2 Å². The summed E-state index contributed by atoms with van der Waals surface area (Å²) in [4.78, 5) is 16.1. The van der Waals surface area contributed by atoms with Gasteiger partial charge in [-0.25, -0.2) is 0 Å². The molecule has 0 aliphatic carbocycles. The molecule has 0 radical (unpaired) electrons. The van der Waals surface area contributed by atoms with Crippen LogP contribution < -0.4 is 5.32 Å². The SMILES string of the molecule is Cc1ccsc1[C@@H](CNC(=O)c1cccc(Cn2cccn2)c1)N(C)C. The number of aromatic nitrogens is 2. The van der Waals surface area contributed by atoms with Gasteiger partial charge in [-0.05, 0) is 61.8 Å². The highest BCUT2D eigenvalue weighted by atomic mass is 32.1. The standard InChI is InChI=1S/C20H24N4OS/c1-15-8-11-26-19(15)18(23(2)3)13-21-20(25)17-7-4-6-16(12-17)14-24-10-5-9-22-24/h4-12,18H,13-14H2,1-3H3,(H,21,25)/t18-/m1/s1. The average molecular weight is 369 g/mol. The summed E-state index contributed by atoms with van der Waals surface area (Å²) < 4.78 is 1.85. The summed E-state index contributed by atoms with van der Waals surface area (Å²) in [6.45, 7) is 3.35. The molecule has 2 heterocycles. The van der Waals surface area contributed by atoms with Gasteiger partial charge in [0.25, 0.3) is 5.91 Å². The Hall–Kier alpha value is -2.44. The van der Waals surface area contributed by atoms with E-state index in [1.54, 1.807) is 17.5 Å². The van der Waals surface area contributed by atoms with Crippen molar-refractivity contribution in [3.05, 3.63) is 75.7 Å². The molecule has 0 saturated heterocycles. The molecule has 26 heavy (non-hydrogen) atoms. The van der Waals surface area contributed by atoms with Crippen LogP contribution in [0.2, 0.25) is 0 Å². The Balaban J connectivity index is 1.66. The third-order valence-electron chi connectivity index (χ3n) is 4.38. The van der Waals surface area contributed by atoms with E-state index in [9.17, 15) is 4.79 Å². The lowest BCUT2D eigenvalue weighted by Crippen LogP contribution is -2.34. The number of nitrogens with zero attached hydrogens (tertiary/aromatic N) is 3. The van der Waals surface area contributed by atoms with Gasteiger partial charge in [-0.15, -0.1) is 11.3 Å². The fraction of sp³-hybridized carbons (Fsp3) is 0.300. The maximum absolute atomic E-state index is 12.6. The molecule has 2 aromatic heterocycles. The quantitative estimate of drug-likeness (QED) is 0.696. The summed E-state index contributed by atoms with van der Waals surface area (Å²) in [5, 5.41) is 9.40. The van der Waals surface area contributed by atoms with E-state index < -0.39 is 0 Å². The second-order valence-electron chi connectivity index (χ2n) is 6.56. The van der Waals surface area contributed by atoms with Crippen LogP contribution in [0.4, 0.5) is 0 Å². The normalized spacial score (nSPS) is 12.3. The molecule has 0 aliphatic heterocycles. The van der Waals surface area contributed by atoms with E-state index >= 15 is 0 Å². The Kier molecular flexibility index (Phi) is 5.85. The van der Waals surface area contributed by atoms with Gasteiger partial charge in [0, 0.05) is 29.4 Å². The first kappa shape index (κ1) is 18.4. The molecule has 1 atom stereocenters. The van der Waals surface area contributed by atoms with E-state index in [-0.39, 0.29) is 11.9 Å². The summed E-state index contributed by atoms with van der Waals surface area (Å²) >= 11 is 1.74. The predicted molar refractivity (Wildman–Crippen MR) is 106 cm³/mol. The number of hydrogen-bond donors (Lipinski definition) is 1. The van der Waals surface area contributed by atoms with Gasteiger partial charge in [0.1, 0.15) is 0 Å². The Morgan fingerprint density at radius 1 is 1.31 bits per heavy atom. The fourth-order valence-corrected chi connectivity index (χ4v) is 4.04. The molecule has 3 rings (SSSR count). The van der Waals surface area contributed by atoms with E-state index in [1.807, 2.05) is 55.3 Å². The third-order valence-corrected chi connectivity index (χ3v) is 5.50. The number of carbonyl (C=O) groups excluding carboxylic acids is 1. The highest BCUT2D eigenvalue weighted by Crippen LogP contribution is 2.26. The number of carbonyl (C=O) groups is 1. The summed E-state index contributed by atoms with van der Waals surface area (Å²) in [6.07, 6.45) is 3.67. The molecule has 0 fully saturated rings. The van der Waals surface area contributed by atoms with Crippen molar-refractivity contribution < 1.29 is 4.79 Å². The van der Waals surface area contributed by atoms with Gasteiger partial charge in [-0.1, -0.05) is 12.1 Å². The van der Waals surface area contributed by atoms with Crippen molar-refractivity contribution in [1.29, 1.82) is 0 Å². The first-order chi connectivity index (χ1) is 12.5. The Morgan fingerprint density at radius 2 is 2.15 bits per heavy atom. The van der Waals surface area contributed by atoms with Crippen molar-refractivity contribution in [2.24, 2.45) is 0 Å². The van der Waals surface area contributed by atoms with Crippen molar-refractivity contribution in [3.8, 4) is 0 Å². The van der Waals surface area contributed by atoms with Crippen molar-refractivity contribution >= 4 is 17.2 Å². The maximum atomic E-state index is 12.6. The van der Waals surface area contributed by atoms with Crippen LogP contribution in [0, 0.1) is 6.92 Å². The minimum atomic E-state index is -0.0478. The van der Waals surface area contributed by atoms with Gasteiger partial charge in [-0.3, -0.25) is 9.48 Å². The number of likely N-dealkylation sites (N-methyl/N-ethyl adjacent to an activating group) is 1. The second-order valence-corrected chi connectivity index (χ2v) is 7.51. The maximum Gasteiger partial charge on any atom is 0.251 e. The number of benzene rings is 1. The van der Waals surface area contributed by atoms with Gasteiger partial charge in [-0.2, -0.15) is 5.10 Å². The molecule has 0 unspecified atom stereocenters. The predicted octanol–water partition coefficient (Wildman–Crippen LogP) is 3.33. The van der Waals surface area contributed by atoms with E-state index in [4.69, 9.17) is 0 Å². The molecule has 1 N–H and O–H groups in total. The zero-order valence-electron chi connectivity index (χ0n) is 15.3. The fourth-order valence-electron chi connectivity index (χ4n) is 2.92. The summed E-state index contributed by atoms with van der Waals surface area (Å²) in [7, 11) is 4.08. The molecular weight excluding hydrogens is 344 g/mol. The molecule has 136 valence electrons. The highest BCUT2D eigenvalue weighted by Gasteiger charge is 2.19. The van der Waals surface area contributed by atoms with E-state index in [2.05, 4.69) is 33.7 Å². The molecule has 0 spiro atoms. The van der Waals surface area contributed by atoms with Gasteiger partial charge >= 0.3 is 0 Å². The van der Waals surface area contributed by atoms with Crippen LogP contribution in [0.1, 0.15) is 32.4 Å². The van der Waals surface area contributed by atoms with Gasteiger partial charge < -0.3 is 10.2 Å². The summed E-state index contributed by atoms with van der Waals surface area (Å²) in [5.41, 5.74) is 3.00. The lowest BCUT2D eigenvalue weighted by atomic mass is 10.1. The zero-order chi connectivity index (χ0) is 18.5. The topological polar surface area (TPSA) is 50.2 Å². The summed E-state index contributed by atoms with van der Waals surface area (Å²) in [5.74, 6) is -0.0478. The number of hydrogen-bond acceptors (Lipinski definition) is 4. The van der Waals surface area contributed by atoms with Gasteiger partial charge in [0.2, 0.25) is 0 Å². The number of thiophene rings is 1. The molecule has 1 amide bonds. The summed E-state index contributed by atoms with van der Waals surface area (Å²) in [6, 6.07) is 11.9. The van der Waals surface area contributed by atoms with Crippen LogP contribution in [0.5, 0.6) is 0 Å². The first-order valence-electron chi connectivity index (χ1n) is 8.59. The lowest BCUT2D eigenvalue weighted by molar-refractivity contribution is 0.0942. The van der Waals surface area contributed by atoms with E-state index in [0.717, 1.165) is 5.56 Å². The molecule has 3 aromatic rings. The van der Waals surface area contributed by atoms with Crippen LogP contribution in [0.15, 0.2) is 54.2 Å². The minimum absolute atomic E-state index is 0.0478. The smallest absolute Gasteiger partial charge is 0.251 e. The monoisotopic (exact) mass is 368 g/mol. The molecule has 5 nitrogen and oxygen atoms in total. The van der Waals surface area contributed by atoms with Gasteiger partial charge in [0.15, 0.2) is 0 Å². The number of rotatable bonds is 7. The van der Waals surface area contributed by atoms with Crippen molar-refractivity contribution in [3.63, 3.8) is 0 Å². The Labute approximate surface area is 158 Å². The lowest BCUT2D eigenvalue weighted by Gasteiger charge is -2.24. The molecule has 0 saturated carbocycles. The number of aryl methyl sites for hydroxylation is 1. The Morgan fingerprint density at radius 3 is 2.81 bits per heavy atom. The molecule has 1 aromatic carbocycles. The van der Waals surface area contributed by atoms with Crippen molar-refractivity contribution in [2.45, 2.75) is 19.5 Å². The van der Waals surface area contributed by atoms with Crippen LogP contribution in [-0.2, 0) is 6.54 Å². The number of amides is 1.